The van der Waals surface area contributed by atoms with Gasteiger partial charge in [-0.2, -0.15) is 0 Å². The molecule has 20 heavy (non-hydrogen) atoms. The molecule has 4 aliphatic rings. The van der Waals surface area contributed by atoms with E-state index in [0.29, 0.717) is 18.8 Å². The molecule has 4 rings (SSSR count). The standard InChI is InChI=1S/C15H18O5/c1-7-9-3-4-15(10-5-18-10)6-19-13(16)8(2)11(15)12(9)20-14(7)17/h7,9-12H,2-6H2,1H3/t7-,9-,10+,11+,12-,15+/m0/s1. The number of ether oxygens (including phenoxy) is 3. The van der Waals surface area contributed by atoms with E-state index in [9.17, 15) is 9.59 Å². The number of hydrogen-bond donors (Lipinski definition) is 0. The van der Waals surface area contributed by atoms with E-state index < -0.39 is 0 Å². The maximum Gasteiger partial charge on any atom is 0.333 e. The van der Waals surface area contributed by atoms with E-state index in [4.69, 9.17) is 14.2 Å². The highest BCUT2D eigenvalue weighted by Gasteiger charge is 2.65. The van der Waals surface area contributed by atoms with Crippen molar-refractivity contribution in [1.29, 1.82) is 0 Å². The normalized spacial score (nSPS) is 50.0. The van der Waals surface area contributed by atoms with Crippen molar-refractivity contribution in [1.82, 2.24) is 0 Å². The first-order valence-corrected chi connectivity index (χ1v) is 7.22. The maximum absolute atomic E-state index is 11.9. The van der Waals surface area contributed by atoms with Gasteiger partial charge in [-0.15, -0.1) is 0 Å². The third-order valence-corrected chi connectivity index (χ3v) is 5.66. The Morgan fingerprint density at radius 3 is 2.80 bits per heavy atom. The van der Waals surface area contributed by atoms with Crippen molar-refractivity contribution in [3.05, 3.63) is 12.2 Å². The minimum absolute atomic E-state index is 0.0936. The van der Waals surface area contributed by atoms with Gasteiger partial charge in [0.25, 0.3) is 0 Å². The molecule has 3 heterocycles. The van der Waals surface area contributed by atoms with E-state index in [0.717, 1.165) is 12.8 Å². The van der Waals surface area contributed by atoms with Crippen LogP contribution in [-0.4, -0.2) is 37.4 Å². The van der Waals surface area contributed by atoms with Crippen molar-refractivity contribution in [2.45, 2.75) is 32.0 Å². The van der Waals surface area contributed by atoms with Crippen LogP contribution in [0.2, 0.25) is 0 Å². The lowest BCUT2D eigenvalue weighted by atomic mass is 9.56. The predicted molar refractivity (Wildman–Crippen MR) is 67.5 cm³/mol. The summed E-state index contributed by atoms with van der Waals surface area (Å²) in [6.45, 7) is 6.89. The summed E-state index contributed by atoms with van der Waals surface area (Å²) >= 11 is 0. The van der Waals surface area contributed by atoms with Crippen LogP contribution in [0.1, 0.15) is 19.8 Å². The molecule has 5 heteroatoms. The Hall–Kier alpha value is -1.36. The summed E-state index contributed by atoms with van der Waals surface area (Å²) in [7, 11) is 0. The van der Waals surface area contributed by atoms with Crippen LogP contribution in [0.3, 0.4) is 0 Å². The summed E-state index contributed by atoms with van der Waals surface area (Å²) in [5.41, 5.74) is 0.208. The highest BCUT2D eigenvalue weighted by Crippen LogP contribution is 2.58. The van der Waals surface area contributed by atoms with Gasteiger partial charge in [0.05, 0.1) is 18.6 Å². The highest BCUT2D eigenvalue weighted by molar-refractivity contribution is 5.90. The number of cyclic esters (lactones) is 1. The average molecular weight is 278 g/mol. The van der Waals surface area contributed by atoms with Crippen LogP contribution in [0.4, 0.5) is 0 Å². The van der Waals surface area contributed by atoms with Crippen LogP contribution < -0.4 is 0 Å². The minimum Gasteiger partial charge on any atom is -0.462 e. The molecule has 0 spiro atoms. The zero-order valence-electron chi connectivity index (χ0n) is 11.5. The molecular weight excluding hydrogens is 260 g/mol. The first-order chi connectivity index (χ1) is 9.54. The first kappa shape index (κ1) is 12.4. The average Bonchev–Trinajstić information content (AvgIpc) is 3.23. The predicted octanol–water partition coefficient (Wildman–Crippen LogP) is 1.07. The van der Waals surface area contributed by atoms with E-state index in [2.05, 4.69) is 6.58 Å². The van der Waals surface area contributed by atoms with Crippen LogP contribution >= 0.6 is 0 Å². The molecule has 0 bridgehead atoms. The zero-order chi connectivity index (χ0) is 14.1. The van der Waals surface area contributed by atoms with Gasteiger partial charge >= 0.3 is 11.9 Å². The van der Waals surface area contributed by atoms with Crippen LogP contribution in [0.5, 0.6) is 0 Å². The number of epoxide rings is 1. The van der Waals surface area contributed by atoms with Gasteiger partial charge in [-0.05, 0) is 12.8 Å². The van der Waals surface area contributed by atoms with Gasteiger partial charge in [0.1, 0.15) is 12.7 Å². The third-order valence-electron chi connectivity index (χ3n) is 5.66. The molecule has 0 amide bonds. The van der Waals surface area contributed by atoms with Crippen LogP contribution in [0, 0.1) is 23.2 Å². The molecule has 0 aromatic rings. The lowest BCUT2D eigenvalue weighted by Crippen LogP contribution is -2.56. The quantitative estimate of drug-likeness (QED) is 0.408. The summed E-state index contributed by atoms with van der Waals surface area (Å²) in [6, 6.07) is 0. The molecule has 3 aliphatic heterocycles. The zero-order valence-corrected chi connectivity index (χ0v) is 11.5. The molecule has 0 radical (unpaired) electrons. The summed E-state index contributed by atoms with van der Waals surface area (Å²) in [6.07, 6.45) is 1.68. The molecule has 0 aromatic heterocycles. The van der Waals surface area contributed by atoms with Gasteiger partial charge in [0, 0.05) is 22.8 Å². The van der Waals surface area contributed by atoms with Crippen molar-refractivity contribution in [3.63, 3.8) is 0 Å². The fourth-order valence-corrected chi connectivity index (χ4v) is 4.40. The fraction of sp³-hybridized carbons (Fsp3) is 0.733. The Morgan fingerprint density at radius 2 is 2.10 bits per heavy atom. The van der Waals surface area contributed by atoms with Gasteiger partial charge < -0.3 is 14.2 Å². The van der Waals surface area contributed by atoms with E-state index in [1.165, 1.54) is 0 Å². The van der Waals surface area contributed by atoms with Gasteiger partial charge in [-0.25, -0.2) is 4.79 Å². The highest BCUT2D eigenvalue weighted by atomic mass is 16.6. The SMILES string of the molecule is C=C1C(=O)OC[C@@]2([C@H]3CO3)CC[C@@H]3[C@H](OC(=O)[C@H]3C)[C@@H]12. The second-order valence-electron chi connectivity index (χ2n) is 6.53. The number of carbonyl (C=O) groups is 2. The van der Waals surface area contributed by atoms with Crippen LogP contribution in [0.15, 0.2) is 12.2 Å². The topological polar surface area (TPSA) is 65.1 Å². The smallest absolute Gasteiger partial charge is 0.333 e. The molecule has 0 unspecified atom stereocenters. The van der Waals surface area contributed by atoms with Gasteiger partial charge in [0.2, 0.25) is 0 Å². The number of hydrogen-bond acceptors (Lipinski definition) is 5. The van der Waals surface area contributed by atoms with Crippen LogP contribution in [0.25, 0.3) is 0 Å². The minimum atomic E-state index is -0.359. The lowest BCUT2D eigenvalue weighted by molar-refractivity contribution is -0.168. The largest absolute Gasteiger partial charge is 0.462 e. The second kappa shape index (κ2) is 3.85. The monoisotopic (exact) mass is 278 g/mol. The van der Waals surface area contributed by atoms with Gasteiger partial charge in [0.15, 0.2) is 0 Å². The van der Waals surface area contributed by atoms with Crippen molar-refractivity contribution >= 4 is 11.9 Å². The van der Waals surface area contributed by atoms with Crippen molar-refractivity contribution in [3.8, 4) is 0 Å². The number of carbonyl (C=O) groups excluding carboxylic acids is 2. The fourth-order valence-electron chi connectivity index (χ4n) is 4.40. The Labute approximate surface area is 117 Å². The second-order valence-corrected chi connectivity index (χ2v) is 6.53. The summed E-state index contributed by atoms with van der Waals surface area (Å²) in [5.74, 6) is -0.573. The molecule has 4 fully saturated rings. The van der Waals surface area contributed by atoms with E-state index >= 15 is 0 Å². The van der Waals surface area contributed by atoms with Crippen LogP contribution in [-0.2, 0) is 23.8 Å². The van der Waals surface area contributed by atoms with Crippen molar-refractivity contribution in [2.24, 2.45) is 23.2 Å². The summed E-state index contributed by atoms with van der Waals surface area (Å²) in [5, 5.41) is 0. The Kier molecular flexibility index (Phi) is 2.38. The molecule has 0 N–H and O–H groups in total. The Balaban J connectivity index is 1.76. The maximum atomic E-state index is 11.9. The Bertz CT molecular complexity index is 508. The van der Waals surface area contributed by atoms with Gasteiger partial charge in [-0.1, -0.05) is 13.5 Å². The molecular formula is C15H18O5. The Morgan fingerprint density at radius 1 is 1.35 bits per heavy atom. The molecule has 6 atom stereocenters. The number of rotatable bonds is 1. The molecule has 3 saturated heterocycles. The van der Waals surface area contributed by atoms with E-state index in [1.807, 2.05) is 6.92 Å². The van der Waals surface area contributed by atoms with Gasteiger partial charge in [-0.3, -0.25) is 4.79 Å². The van der Waals surface area contributed by atoms with Crippen molar-refractivity contribution in [2.75, 3.05) is 13.2 Å². The molecule has 0 aromatic carbocycles. The third kappa shape index (κ3) is 1.41. The summed E-state index contributed by atoms with van der Waals surface area (Å²) in [4.78, 5) is 23.8. The number of esters is 2. The van der Waals surface area contributed by atoms with E-state index in [-0.39, 0.29) is 47.3 Å². The summed E-state index contributed by atoms with van der Waals surface area (Å²) < 4.78 is 16.4. The molecule has 1 aliphatic carbocycles. The lowest BCUT2D eigenvalue weighted by Gasteiger charge is -2.50. The van der Waals surface area contributed by atoms with Crippen molar-refractivity contribution < 1.29 is 23.8 Å². The number of fused-ring (bicyclic) bond motifs is 3. The molecule has 108 valence electrons. The first-order valence-electron chi connectivity index (χ1n) is 7.22. The molecule has 1 saturated carbocycles. The van der Waals surface area contributed by atoms with E-state index in [1.54, 1.807) is 0 Å². The molecule has 5 nitrogen and oxygen atoms in total.